The van der Waals surface area contributed by atoms with Crippen LogP contribution in [0.25, 0.3) is 10.9 Å². The molecule has 0 aliphatic rings. The molecule has 0 amide bonds. The summed E-state index contributed by atoms with van der Waals surface area (Å²) < 4.78 is 33.3. The molecule has 0 saturated heterocycles. The normalized spacial score (nSPS) is 10.5. The average Bonchev–Trinajstić information content (AvgIpc) is 2.37. The zero-order valence-electron chi connectivity index (χ0n) is 9.85. The SMILES string of the molecule is CO[n+]1cccc2ccccc21.O=C([O-])C(F)(F)F. The van der Waals surface area contributed by atoms with Crippen LogP contribution in [-0.2, 0) is 4.79 Å². The standard InChI is InChI=1S/C10H10NO.C2HF3O2/c1-12-11-8-4-6-9-5-2-3-7-10(9)11;3-2(4,5)1(6)7/h2-8H,1H3;(H,6,7)/q+1;/p-1. The second kappa shape index (κ2) is 6.03. The molecular formula is C12H10F3NO3. The van der Waals surface area contributed by atoms with Crippen LogP contribution < -0.4 is 14.7 Å². The first kappa shape index (κ1) is 14.7. The molecule has 0 aliphatic carbocycles. The third kappa shape index (κ3) is 4.13. The van der Waals surface area contributed by atoms with E-state index in [4.69, 9.17) is 14.7 Å². The number of aromatic nitrogens is 1. The summed E-state index contributed by atoms with van der Waals surface area (Å²) in [5.41, 5.74) is 1.09. The molecule has 7 heteroatoms. The van der Waals surface area contributed by atoms with Crippen molar-refractivity contribution < 1.29 is 32.6 Å². The summed E-state index contributed by atoms with van der Waals surface area (Å²) in [5.74, 6) is -3.01. The monoisotopic (exact) mass is 273 g/mol. The summed E-state index contributed by atoms with van der Waals surface area (Å²) in [6.07, 6.45) is -3.30. The number of carboxylic acid groups (broad SMARTS) is 1. The van der Waals surface area contributed by atoms with Crippen LogP contribution in [-0.4, -0.2) is 19.3 Å². The molecule has 1 heterocycles. The van der Waals surface area contributed by atoms with Crippen LogP contribution in [0.15, 0.2) is 42.6 Å². The number of rotatable bonds is 1. The van der Waals surface area contributed by atoms with Crippen LogP contribution in [0.5, 0.6) is 0 Å². The smallest absolute Gasteiger partial charge is 0.430 e. The van der Waals surface area contributed by atoms with Crippen LogP contribution >= 0.6 is 0 Å². The van der Waals surface area contributed by atoms with E-state index in [0.717, 1.165) is 5.52 Å². The molecule has 1 aromatic heterocycles. The lowest BCUT2D eigenvalue weighted by Crippen LogP contribution is -2.40. The molecule has 2 rings (SSSR count). The fourth-order valence-corrected chi connectivity index (χ4v) is 1.29. The lowest BCUT2D eigenvalue weighted by atomic mass is 10.2. The predicted molar refractivity (Wildman–Crippen MR) is 57.7 cm³/mol. The molecule has 0 unspecified atom stereocenters. The highest BCUT2D eigenvalue weighted by molar-refractivity contribution is 5.74. The molecule has 1 aromatic carbocycles. The van der Waals surface area contributed by atoms with Gasteiger partial charge in [0.2, 0.25) is 6.20 Å². The van der Waals surface area contributed by atoms with Crippen molar-refractivity contribution in [2.24, 2.45) is 0 Å². The molecule has 4 nitrogen and oxygen atoms in total. The number of hydrogen-bond donors (Lipinski definition) is 0. The fourth-order valence-electron chi connectivity index (χ4n) is 1.29. The lowest BCUT2D eigenvalue weighted by Gasteiger charge is -2.03. The van der Waals surface area contributed by atoms with Gasteiger partial charge in [-0.3, -0.25) is 4.84 Å². The van der Waals surface area contributed by atoms with Crippen molar-refractivity contribution in [3.63, 3.8) is 0 Å². The van der Waals surface area contributed by atoms with Gasteiger partial charge < -0.3 is 9.90 Å². The van der Waals surface area contributed by atoms with Crippen LogP contribution in [0.4, 0.5) is 13.2 Å². The summed E-state index contributed by atoms with van der Waals surface area (Å²) in [4.78, 5) is 13.9. The minimum atomic E-state index is -5.19. The summed E-state index contributed by atoms with van der Waals surface area (Å²) in [7, 11) is 1.66. The van der Waals surface area contributed by atoms with E-state index in [2.05, 4.69) is 12.1 Å². The number of carbonyl (C=O) groups excluding carboxylic acids is 1. The van der Waals surface area contributed by atoms with Crippen LogP contribution in [0.1, 0.15) is 0 Å². The highest BCUT2D eigenvalue weighted by atomic mass is 19.4. The van der Waals surface area contributed by atoms with E-state index in [1.54, 1.807) is 11.8 Å². The Kier molecular flexibility index (Phi) is 4.68. The minimum absolute atomic E-state index is 1.09. The second-order valence-electron chi connectivity index (χ2n) is 3.36. The number of carboxylic acids is 1. The Morgan fingerprint density at radius 2 is 1.74 bits per heavy atom. The number of halogens is 3. The zero-order valence-corrected chi connectivity index (χ0v) is 9.85. The molecule has 0 bridgehead atoms. The maximum absolute atomic E-state index is 10.5. The van der Waals surface area contributed by atoms with Crippen molar-refractivity contribution in [1.29, 1.82) is 0 Å². The fraction of sp³-hybridized carbons (Fsp3) is 0.167. The van der Waals surface area contributed by atoms with Gasteiger partial charge in [0, 0.05) is 16.9 Å². The largest absolute Gasteiger partial charge is 0.542 e. The van der Waals surface area contributed by atoms with E-state index in [9.17, 15) is 13.2 Å². The number of fused-ring (bicyclic) bond motifs is 1. The highest BCUT2D eigenvalue weighted by Gasteiger charge is 2.28. The molecule has 0 atom stereocenters. The molecule has 0 spiro atoms. The number of hydrogen-bond acceptors (Lipinski definition) is 3. The molecule has 0 radical (unpaired) electrons. The number of alkyl halides is 3. The van der Waals surface area contributed by atoms with Crippen molar-refractivity contribution in [3.05, 3.63) is 42.6 Å². The van der Waals surface area contributed by atoms with E-state index in [1.165, 1.54) is 5.39 Å². The number of carbonyl (C=O) groups is 1. The van der Waals surface area contributed by atoms with Gasteiger partial charge in [0.15, 0.2) is 0 Å². The van der Waals surface area contributed by atoms with E-state index in [1.807, 2.05) is 30.5 Å². The topological polar surface area (TPSA) is 53.2 Å². The molecular weight excluding hydrogens is 263 g/mol. The average molecular weight is 273 g/mol. The Morgan fingerprint density at radius 3 is 2.26 bits per heavy atom. The minimum Gasteiger partial charge on any atom is -0.542 e. The maximum Gasteiger partial charge on any atom is 0.430 e. The lowest BCUT2D eigenvalue weighted by molar-refractivity contribution is -0.865. The van der Waals surface area contributed by atoms with Crippen LogP contribution in [0.3, 0.4) is 0 Å². The molecule has 0 N–H and O–H groups in total. The number of para-hydroxylation sites is 1. The first-order valence-electron chi connectivity index (χ1n) is 5.08. The van der Waals surface area contributed by atoms with Gasteiger partial charge in [-0.05, 0) is 12.1 Å². The Balaban J connectivity index is 0.000000224. The van der Waals surface area contributed by atoms with E-state index in [0.29, 0.717) is 0 Å². The van der Waals surface area contributed by atoms with E-state index in [-0.39, 0.29) is 0 Å². The van der Waals surface area contributed by atoms with E-state index >= 15 is 0 Å². The van der Waals surface area contributed by atoms with Crippen LogP contribution in [0.2, 0.25) is 0 Å². The molecule has 0 aliphatic heterocycles. The van der Waals surface area contributed by atoms with Crippen LogP contribution in [0, 0.1) is 0 Å². The van der Waals surface area contributed by atoms with Crippen molar-refractivity contribution in [1.82, 2.24) is 0 Å². The van der Waals surface area contributed by atoms with Gasteiger partial charge in [0.1, 0.15) is 13.1 Å². The first-order chi connectivity index (χ1) is 8.86. The molecule has 2 aromatic rings. The Bertz CT molecular complexity index is 564. The second-order valence-corrected chi connectivity index (χ2v) is 3.36. The quantitative estimate of drug-likeness (QED) is 0.710. The number of aliphatic carboxylic acids is 1. The number of benzene rings is 1. The van der Waals surface area contributed by atoms with Gasteiger partial charge >= 0.3 is 6.18 Å². The zero-order chi connectivity index (χ0) is 14.5. The van der Waals surface area contributed by atoms with Crippen molar-refractivity contribution in [2.75, 3.05) is 7.11 Å². The van der Waals surface area contributed by atoms with Gasteiger partial charge in [-0.25, -0.2) is 0 Å². The maximum atomic E-state index is 10.5. The number of pyridine rings is 1. The predicted octanol–water partition coefficient (Wildman–Crippen LogP) is 0.484. The van der Waals surface area contributed by atoms with Crippen molar-refractivity contribution in [3.8, 4) is 0 Å². The van der Waals surface area contributed by atoms with Crippen molar-refractivity contribution >= 4 is 16.9 Å². The number of nitrogens with zero attached hydrogens (tertiary/aromatic N) is 1. The molecule has 0 fully saturated rings. The summed E-state index contributed by atoms with van der Waals surface area (Å²) in [5, 5.41) is 9.97. The van der Waals surface area contributed by atoms with Gasteiger partial charge in [0.05, 0.1) is 5.39 Å². The van der Waals surface area contributed by atoms with Gasteiger partial charge in [0.25, 0.3) is 5.52 Å². The summed E-state index contributed by atoms with van der Waals surface area (Å²) in [6, 6.07) is 12.1. The Labute approximate surface area is 106 Å². The third-order valence-electron chi connectivity index (χ3n) is 2.10. The Morgan fingerprint density at radius 1 is 1.21 bits per heavy atom. The summed E-state index contributed by atoms with van der Waals surface area (Å²) >= 11 is 0. The summed E-state index contributed by atoms with van der Waals surface area (Å²) in [6.45, 7) is 0. The molecule has 0 saturated carbocycles. The molecule has 102 valence electrons. The first-order valence-corrected chi connectivity index (χ1v) is 5.08. The van der Waals surface area contributed by atoms with Gasteiger partial charge in [-0.15, -0.1) is 0 Å². The highest BCUT2D eigenvalue weighted by Crippen LogP contribution is 2.11. The van der Waals surface area contributed by atoms with Gasteiger partial charge in [-0.2, -0.15) is 13.2 Å². The third-order valence-corrected chi connectivity index (χ3v) is 2.10. The molecule has 19 heavy (non-hydrogen) atoms. The van der Waals surface area contributed by atoms with Crippen molar-refractivity contribution in [2.45, 2.75) is 6.18 Å². The Hall–Kier alpha value is -2.31. The van der Waals surface area contributed by atoms with Gasteiger partial charge in [-0.1, -0.05) is 12.1 Å². The van der Waals surface area contributed by atoms with E-state index < -0.39 is 12.1 Å².